The first-order chi connectivity index (χ1) is 12.3. The van der Waals surface area contributed by atoms with Crippen molar-refractivity contribution in [3.63, 3.8) is 0 Å². The van der Waals surface area contributed by atoms with Crippen molar-refractivity contribution in [2.24, 2.45) is 0 Å². The Morgan fingerprint density at radius 2 is 1.85 bits per heavy atom. The van der Waals surface area contributed by atoms with Crippen LogP contribution in [0, 0.1) is 0 Å². The lowest BCUT2D eigenvalue weighted by atomic mass is 10.1. The molecular weight excluding hydrogens is 372 g/mol. The summed E-state index contributed by atoms with van der Waals surface area (Å²) < 4.78 is 25.6. The summed E-state index contributed by atoms with van der Waals surface area (Å²) in [5, 5.41) is 0.582. The minimum atomic E-state index is -3.54. The molecule has 0 fully saturated rings. The number of sulfonamides is 1. The monoisotopic (exact) mass is 392 g/mol. The van der Waals surface area contributed by atoms with Gasteiger partial charge in [-0.3, -0.25) is 4.79 Å². The van der Waals surface area contributed by atoms with E-state index in [1.807, 2.05) is 31.2 Å². The van der Waals surface area contributed by atoms with E-state index in [4.69, 9.17) is 11.6 Å². The third-order valence-electron chi connectivity index (χ3n) is 4.53. The van der Waals surface area contributed by atoms with Crippen molar-refractivity contribution in [3.8, 4) is 0 Å². The number of para-hydroxylation sites is 1. The van der Waals surface area contributed by atoms with Gasteiger partial charge in [0.1, 0.15) is 0 Å². The lowest BCUT2D eigenvalue weighted by Crippen LogP contribution is -2.44. The highest BCUT2D eigenvalue weighted by Crippen LogP contribution is 2.32. The van der Waals surface area contributed by atoms with Gasteiger partial charge in [-0.2, -0.15) is 4.31 Å². The molecule has 3 rings (SSSR count). The number of nitrogens with zero attached hydrogens (tertiary/aromatic N) is 2. The fraction of sp³-hybridized carbons (Fsp3) is 0.316. The first-order valence-electron chi connectivity index (χ1n) is 8.35. The number of halogens is 1. The van der Waals surface area contributed by atoms with Crippen molar-refractivity contribution in [2.75, 3.05) is 17.7 Å². The first-order valence-corrected chi connectivity index (χ1v) is 10.6. The van der Waals surface area contributed by atoms with Crippen LogP contribution >= 0.6 is 11.6 Å². The highest BCUT2D eigenvalue weighted by atomic mass is 35.5. The molecule has 0 N–H and O–H groups in total. The molecule has 138 valence electrons. The largest absolute Gasteiger partial charge is 0.308 e. The number of amides is 1. The summed E-state index contributed by atoms with van der Waals surface area (Å²) in [6.07, 6.45) is 1.90. The van der Waals surface area contributed by atoms with Gasteiger partial charge in [-0.05, 0) is 42.7 Å². The average Bonchev–Trinajstić information content (AvgIpc) is 2.91. The zero-order valence-electron chi connectivity index (χ0n) is 14.7. The van der Waals surface area contributed by atoms with E-state index in [2.05, 4.69) is 0 Å². The Hall–Kier alpha value is -1.89. The van der Waals surface area contributed by atoms with Crippen molar-refractivity contribution in [1.82, 2.24) is 4.31 Å². The van der Waals surface area contributed by atoms with E-state index in [9.17, 15) is 13.2 Å². The van der Waals surface area contributed by atoms with Crippen LogP contribution in [0.3, 0.4) is 0 Å². The zero-order valence-corrected chi connectivity index (χ0v) is 16.3. The standard InChI is InChI=1S/C19H21ClN2O3S/c1-14-11-16-5-3-4-6-18(16)22(14)19(23)13-21(26(2,24)25)12-15-7-9-17(20)10-8-15/h3-10,14H,11-13H2,1-2H3. The predicted octanol–water partition coefficient (Wildman–Crippen LogP) is 3.08. The molecular formula is C19H21ClN2O3S. The van der Waals surface area contributed by atoms with Crippen molar-refractivity contribution in [2.45, 2.75) is 25.9 Å². The van der Waals surface area contributed by atoms with Crippen molar-refractivity contribution in [3.05, 3.63) is 64.7 Å². The zero-order chi connectivity index (χ0) is 18.9. The maximum Gasteiger partial charge on any atom is 0.242 e. The molecule has 1 heterocycles. The molecule has 2 aromatic carbocycles. The molecule has 0 radical (unpaired) electrons. The summed E-state index contributed by atoms with van der Waals surface area (Å²) in [4.78, 5) is 14.6. The second-order valence-electron chi connectivity index (χ2n) is 6.60. The van der Waals surface area contributed by atoms with Gasteiger partial charge < -0.3 is 4.90 Å². The Balaban J connectivity index is 1.81. The number of benzene rings is 2. The number of carbonyl (C=O) groups is 1. The predicted molar refractivity (Wildman–Crippen MR) is 104 cm³/mol. The van der Waals surface area contributed by atoms with E-state index >= 15 is 0 Å². The van der Waals surface area contributed by atoms with Crippen LogP contribution in [0.5, 0.6) is 0 Å². The average molecular weight is 393 g/mol. The topological polar surface area (TPSA) is 57.7 Å². The van der Waals surface area contributed by atoms with E-state index in [1.165, 1.54) is 4.31 Å². The molecule has 0 saturated carbocycles. The van der Waals surface area contributed by atoms with Crippen LogP contribution in [-0.2, 0) is 27.8 Å². The maximum absolute atomic E-state index is 12.9. The number of hydrogen-bond donors (Lipinski definition) is 0. The molecule has 0 aliphatic carbocycles. The first kappa shape index (κ1) is 18.9. The minimum absolute atomic E-state index is 0.0110. The maximum atomic E-state index is 12.9. The van der Waals surface area contributed by atoms with Crippen molar-refractivity contribution < 1.29 is 13.2 Å². The van der Waals surface area contributed by atoms with E-state index in [0.29, 0.717) is 5.02 Å². The Kier molecular flexibility index (Phi) is 5.37. The summed E-state index contributed by atoms with van der Waals surface area (Å²) in [5.41, 5.74) is 2.75. The number of fused-ring (bicyclic) bond motifs is 1. The Morgan fingerprint density at radius 3 is 2.50 bits per heavy atom. The van der Waals surface area contributed by atoms with Gasteiger partial charge in [0, 0.05) is 23.3 Å². The van der Waals surface area contributed by atoms with Gasteiger partial charge in [-0.25, -0.2) is 8.42 Å². The molecule has 26 heavy (non-hydrogen) atoms. The quantitative estimate of drug-likeness (QED) is 0.785. The highest BCUT2D eigenvalue weighted by Gasteiger charge is 2.32. The van der Waals surface area contributed by atoms with Crippen LogP contribution in [0.1, 0.15) is 18.1 Å². The highest BCUT2D eigenvalue weighted by molar-refractivity contribution is 7.88. The third kappa shape index (κ3) is 4.09. The number of rotatable bonds is 5. The Bertz CT molecular complexity index is 913. The Morgan fingerprint density at radius 1 is 1.19 bits per heavy atom. The molecule has 0 spiro atoms. The number of anilines is 1. The van der Waals surface area contributed by atoms with Gasteiger partial charge in [-0.1, -0.05) is 41.9 Å². The van der Waals surface area contributed by atoms with Gasteiger partial charge >= 0.3 is 0 Å². The van der Waals surface area contributed by atoms with Crippen LogP contribution in [0.25, 0.3) is 0 Å². The Labute approximate surface area is 159 Å². The molecule has 2 aromatic rings. The van der Waals surface area contributed by atoms with Crippen LogP contribution in [0.15, 0.2) is 48.5 Å². The lowest BCUT2D eigenvalue weighted by molar-refractivity contribution is -0.119. The summed E-state index contributed by atoms with van der Waals surface area (Å²) >= 11 is 5.88. The second kappa shape index (κ2) is 7.39. The lowest BCUT2D eigenvalue weighted by Gasteiger charge is -2.26. The minimum Gasteiger partial charge on any atom is -0.308 e. The molecule has 0 bridgehead atoms. The summed E-state index contributed by atoms with van der Waals surface area (Å²) in [6, 6.07) is 14.7. The summed E-state index contributed by atoms with van der Waals surface area (Å²) in [5.74, 6) is -0.221. The van der Waals surface area contributed by atoms with Gasteiger partial charge in [0.05, 0.1) is 12.8 Å². The van der Waals surface area contributed by atoms with E-state index in [-0.39, 0.29) is 25.0 Å². The SMILES string of the molecule is CC1Cc2ccccc2N1C(=O)CN(Cc1ccc(Cl)cc1)S(C)(=O)=O. The van der Waals surface area contributed by atoms with Crippen LogP contribution in [0.2, 0.25) is 5.02 Å². The van der Waals surface area contributed by atoms with E-state index in [1.54, 1.807) is 29.2 Å². The summed E-state index contributed by atoms with van der Waals surface area (Å²) in [6.45, 7) is 1.91. The molecule has 1 unspecified atom stereocenters. The van der Waals surface area contributed by atoms with Crippen LogP contribution < -0.4 is 4.90 Å². The van der Waals surface area contributed by atoms with Crippen LogP contribution in [-0.4, -0.2) is 37.5 Å². The molecule has 7 heteroatoms. The van der Waals surface area contributed by atoms with Crippen LogP contribution in [0.4, 0.5) is 5.69 Å². The molecule has 1 amide bonds. The molecule has 5 nitrogen and oxygen atoms in total. The van der Waals surface area contributed by atoms with E-state index < -0.39 is 10.0 Å². The summed E-state index contributed by atoms with van der Waals surface area (Å²) in [7, 11) is -3.54. The fourth-order valence-electron chi connectivity index (χ4n) is 3.26. The smallest absolute Gasteiger partial charge is 0.242 e. The molecule has 1 aliphatic heterocycles. The number of carbonyl (C=O) groups excluding carboxylic acids is 1. The van der Waals surface area contributed by atoms with Gasteiger partial charge in [-0.15, -0.1) is 0 Å². The van der Waals surface area contributed by atoms with Gasteiger partial charge in [0.15, 0.2) is 0 Å². The van der Waals surface area contributed by atoms with Crippen molar-refractivity contribution in [1.29, 1.82) is 0 Å². The molecule has 0 aromatic heterocycles. The van der Waals surface area contributed by atoms with E-state index in [0.717, 1.165) is 29.5 Å². The third-order valence-corrected chi connectivity index (χ3v) is 5.98. The second-order valence-corrected chi connectivity index (χ2v) is 9.02. The van der Waals surface area contributed by atoms with Gasteiger partial charge in [0.25, 0.3) is 0 Å². The fourth-order valence-corrected chi connectivity index (χ4v) is 4.11. The molecule has 1 aliphatic rings. The normalized spacial score (nSPS) is 16.8. The van der Waals surface area contributed by atoms with Crippen molar-refractivity contribution >= 4 is 33.2 Å². The van der Waals surface area contributed by atoms with Gasteiger partial charge in [0.2, 0.25) is 15.9 Å². The molecule has 1 atom stereocenters. The molecule has 0 saturated heterocycles. The number of hydrogen-bond acceptors (Lipinski definition) is 3.